The largest absolute Gasteiger partial charge is 0.375 e. The molecule has 3 N–H and O–H groups in total. The number of anilines is 2. The molecule has 0 spiro atoms. The van der Waals surface area contributed by atoms with Gasteiger partial charge < -0.3 is 20.7 Å². The smallest absolute Gasteiger partial charge is 0.250 e. The number of hydrogen-bond acceptors (Lipinski definition) is 4. The molecular formula is C15H23N3O3. The molecule has 1 unspecified atom stereocenters. The maximum atomic E-state index is 11.9. The molecule has 0 heterocycles. The van der Waals surface area contributed by atoms with E-state index < -0.39 is 0 Å². The van der Waals surface area contributed by atoms with Crippen LogP contribution in [0.1, 0.15) is 13.8 Å². The molecule has 1 aromatic rings. The van der Waals surface area contributed by atoms with Crippen molar-refractivity contribution in [2.24, 2.45) is 5.92 Å². The minimum atomic E-state index is -0.214. The molecule has 0 saturated carbocycles. The van der Waals surface area contributed by atoms with Gasteiger partial charge in [0.1, 0.15) is 6.61 Å². The van der Waals surface area contributed by atoms with Crippen LogP contribution in [0.25, 0.3) is 0 Å². The van der Waals surface area contributed by atoms with Gasteiger partial charge in [0, 0.05) is 30.9 Å². The highest BCUT2D eigenvalue weighted by Crippen LogP contribution is 2.14. The number of methoxy groups -OCH3 is 1. The molecule has 116 valence electrons. The number of ether oxygens (including phenoxy) is 1. The first-order valence-corrected chi connectivity index (χ1v) is 6.97. The van der Waals surface area contributed by atoms with E-state index >= 15 is 0 Å². The van der Waals surface area contributed by atoms with Crippen LogP contribution in [0, 0.1) is 5.92 Å². The predicted octanol–water partition coefficient (Wildman–Crippen LogP) is 1.46. The third-order valence-corrected chi connectivity index (χ3v) is 2.86. The van der Waals surface area contributed by atoms with E-state index in [4.69, 9.17) is 4.74 Å². The summed E-state index contributed by atoms with van der Waals surface area (Å²) in [4.78, 5) is 23.3. The first kappa shape index (κ1) is 17.1. The zero-order valence-corrected chi connectivity index (χ0v) is 12.7. The van der Waals surface area contributed by atoms with E-state index in [9.17, 15) is 9.59 Å². The van der Waals surface area contributed by atoms with Crippen molar-refractivity contribution in [1.29, 1.82) is 0 Å². The van der Waals surface area contributed by atoms with Gasteiger partial charge in [0.2, 0.25) is 11.8 Å². The second-order valence-corrected chi connectivity index (χ2v) is 4.76. The quantitative estimate of drug-likeness (QED) is 0.678. The van der Waals surface area contributed by atoms with Crippen molar-refractivity contribution < 1.29 is 14.3 Å². The minimum absolute atomic E-state index is 0.0143. The summed E-state index contributed by atoms with van der Waals surface area (Å²) in [7, 11) is 1.47. The van der Waals surface area contributed by atoms with Crippen LogP contribution in [0.5, 0.6) is 0 Å². The van der Waals surface area contributed by atoms with Crippen molar-refractivity contribution in [1.82, 2.24) is 5.32 Å². The molecule has 6 heteroatoms. The van der Waals surface area contributed by atoms with Gasteiger partial charge in [-0.25, -0.2) is 0 Å². The molecule has 0 bridgehead atoms. The molecule has 1 aromatic carbocycles. The van der Waals surface area contributed by atoms with Crippen LogP contribution < -0.4 is 16.0 Å². The Kier molecular flexibility index (Phi) is 7.42. The lowest BCUT2D eigenvalue weighted by atomic mass is 10.1. The molecule has 21 heavy (non-hydrogen) atoms. The summed E-state index contributed by atoms with van der Waals surface area (Å²) in [6, 6.07) is 6.97. The van der Waals surface area contributed by atoms with Crippen molar-refractivity contribution in [2.45, 2.75) is 13.8 Å². The summed E-state index contributed by atoms with van der Waals surface area (Å²) < 4.78 is 4.74. The maximum absolute atomic E-state index is 11.9. The highest BCUT2D eigenvalue weighted by Gasteiger charge is 2.12. The fourth-order valence-corrected chi connectivity index (χ4v) is 1.68. The van der Waals surface area contributed by atoms with Crippen LogP contribution in [-0.4, -0.2) is 38.6 Å². The molecule has 1 rings (SSSR count). The lowest BCUT2D eigenvalue weighted by Crippen LogP contribution is -2.30. The maximum Gasteiger partial charge on any atom is 0.250 e. The van der Waals surface area contributed by atoms with E-state index in [0.717, 1.165) is 6.54 Å². The van der Waals surface area contributed by atoms with Crippen LogP contribution in [0.3, 0.4) is 0 Å². The van der Waals surface area contributed by atoms with Crippen LogP contribution in [-0.2, 0) is 14.3 Å². The summed E-state index contributed by atoms with van der Waals surface area (Å²) in [5.41, 5.74) is 1.36. The van der Waals surface area contributed by atoms with Crippen LogP contribution >= 0.6 is 0 Å². The molecule has 0 aliphatic carbocycles. The molecule has 0 radical (unpaired) electrons. The van der Waals surface area contributed by atoms with Gasteiger partial charge in [-0.2, -0.15) is 0 Å². The first-order valence-electron chi connectivity index (χ1n) is 6.97. The van der Waals surface area contributed by atoms with Gasteiger partial charge in [-0.15, -0.1) is 0 Å². The average Bonchev–Trinajstić information content (AvgIpc) is 2.47. The monoisotopic (exact) mass is 293 g/mol. The van der Waals surface area contributed by atoms with E-state index in [-0.39, 0.29) is 24.3 Å². The molecule has 1 atom stereocenters. The van der Waals surface area contributed by atoms with Crippen LogP contribution in [0.4, 0.5) is 11.4 Å². The number of carbonyl (C=O) groups is 2. The molecule has 0 aromatic heterocycles. The Balaban J connectivity index is 2.50. The van der Waals surface area contributed by atoms with Crippen LogP contribution in [0.2, 0.25) is 0 Å². The van der Waals surface area contributed by atoms with Gasteiger partial charge >= 0.3 is 0 Å². The van der Waals surface area contributed by atoms with Crippen molar-refractivity contribution in [3.8, 4) is 0 Å². The minimum Gasteiger partial charge on any atom is -0.375 e. The lowest BCUT2D eigenvalue weighted by Gasteiger charge is -2.13. The molecule has 0 aliphatic rings. The number of carbonyl (C=O) groups excluding carboxylic acids is 2. The van der Waals surface area contributed by atoms with Gasteiger partial charge in [0.25, 0.3) is 0 Å². The number of amides is 2. The van der Waals surface area contributed by atoms with E-state index in [0.29, 0.717) is 17.9 Å². The van der Waals surface area contributed by atoms with Crippen molar-refractivity contribution >= 4 is 23.2 Å². The third-order valence-electron chi connectivity index (χ3n) is 2.86. The number of rotatable bonds is 8. The SMILES string of the molecule is CCNCC(C)C(=O)Nc1ccc(NC(=O)COC)cc1. The topological polar surface area (TPSA) is 79.5 Å². The highest BCUT2D eigenvalue weighted by atomic mass is 16.5. The van der Waals surface area contributed by atoms with E-state index in [1.807, 2.05) is 13.8 Å². The van der Waals surface area contributed by atoms with Crippen molar-refractivity contribution in [3.05, 3.63) is 24.3 Å². The fourth-order valence-electron chi connectivity index (χ4n) is 1.68. The number of nitrogens with one attached hydrogen (secondary N) is 3. The molecule has 0 saturated heterocycles. The second-order valence-electron chi connectivity index (χ2n) is 4.76. The summed E-state index contributed by atoms with van der Waals surface area (Å²) >= 11 is 0. The second kappa shape index (κ2) is 9.10. The zero-order chi connectivity index (χ0) is 15.7. The Morgan fingerprint density at radius 2 is 1.71 bits per heavy atom. The number of hydrogen-bond donors (Lipinski definition) is 3. The van der Waals surface area contributed by atoms with Crippen molar-refractivity contribution in [2.75, 3.05) is 37.4 Å². The standard InChI is InChI=1S/C15H23N3O3/c1-4-16-9-11(2)15(20)18-13-7-5-12(6-8-13)17-14(19)10-21-3/h5-8,11,16H,4,9-10H2,1-3H3,(H,17,19)(H,18,20). The Bertz CT molecular complexity index is 460. The molecule has 6 nitrogen and oxygen atoms in total. The van der Waals surface area contributed by atoms with Gasteiger partial charge in [-0.1, -0.05) is 13.8 Å². The first-order chi connectivity index (χ1) is 10.1. The van der Waals surface area contributed by atoms with E-state index in [2.05, 4.69) is 16.0 Å². The summed E-state index contributed by atoms with van der Waals surface area (Å²) in [6.07, 6.45) is 0. The molecular weight excluding hydrogens is 270 g/mol. The fraction of sp³-hybridized carbons (Fsp3) is 0.467. The Labute approximate surface area is 125 Å². The highest BCUT2D eigenvalue weighted by molar-refractivity contribution is 5.94. The third kappa shape index (κ3) is 6.37. The van der Waals surface area contributed by atoms with Gasteiger partial charge in [-0.05, 0) is 30.8 Å². The molecule has 0 fully saturated rings. The normalized spacial score (nSPS) is 11.8. The number of benzene rings is 1. The zero-order valence-electron chi connectivity index (χ0n) is 12.7. The Hall–Kier alpha value is -1.92. The van der Waals surface area contributed by atoms with Gasteiger partial charge in [-0.3, -0.25) is 9.59 Å². The predicted molar refractivity (Wildman–Crippen MR) is 83.3 cm³/mol. The summed E-state index contributed by atoms with van der Waals surface area (Å²) in [5.74, 6) is -0.355. The van der Waals surface area contributed by atoms with Gasteiger partial charge in [0.15, 0.2) is 0 Å². The van der Waals surface area contributed by atoms with Gasteiger partial charge in [0.05, 0.1) is 0 Å². The lowest BCUT2D eigenvalue weighted by molar-refractivity contribution is -0.120. The van der Waals surface area contributed by atoms with E-state index in [1.165, 1.54) is 7.11 Å². The average molecular weight is 293 g/mol. The van der Waals surface area contributed by atoms with E-state index in [1.54, 1.807) is 24.3 Å². The van der Waals surface area contributed by atoms with Crippen LogP contribution in [0.15, 0.2) is 24.3 Å². The summed E-state index contributed by atoms with van der Waals surface area (Å²) in [6.45, 7) is 5.37. The Morgan fingerprint density at radius 1 is 1.14 bits per heavy atom. The van der Waals surface area contributed by atoms with Crippen molar-refractivity contribution in [3.63, 3.8) is 0 Å². The molecule has 0 aliphatic heterocycles. The summed E-state index contributed by atoms with van der Waals surface area (Å²) in [5, 5.41) is 8.66. The Morgan fingerprint density at radius 3 is 2.24 bits per heavy atom. The molecule has 2 amide bonds.